The summed E-state index contributed by atoms with van der Waals surface area (Å²) in [5.74, 6) is -0.762. The van der Waals surface area contributed by atoms with Crippen molar-refractivity contribution >= 4 is 27.1 Å². The molecule has 1 saturated heterocycles. The molecule has 0 aliphatic carbocycles. The second kappa shape index (κ2) is 6.33. The van der Waals surface area contributed by atoms with Gasteiger partial charge in [0, 0.05) is 25.0 Å². The molecule has 136 valence electrons. The van der Waals surface area contributed by atoms with Gasteiger partial charge in [-0.15, -0.1) is 0 Å². The van der Waals surface area contributed by atoms with Crippen LogP contribution in [-0.4, -0.2) is 42.8 Å². The van der Waals surface area contributed by atoms with Crippen molar-refractivity contribution in [1.29, 1.82) is 0 Å². The molecule has 2 aromatic heterocycles. The molecule has 8 heteroatoms. The topological polar surface area (TPSA) is 83.8 Å². The fourth-order valence-electron chi connectivity index (χ4n) is 3.12. The Hall–Kier alpha value is -2.09. The monoisotopic (exact) mass is 364 g/mol. The Bertz CT molecular complexity index is 890. The van der Waals surface area contributed by atoms with Crippen LogP contribution in [0.2, 0.25) is 0 Å². The Morgan fingerprint density at radius 1 is 1.28 bits per heavy atom. The van der Waals surface area contributed by atoms with Crippen molar-refractivity contribution in [3.8, 4) is 0 Å². The van der Waals surface area contributed by atoms with E-state index >= 15 is 0 Å². The zero-order valence-corrected chi connectivity index (χ0v) is 15.6. The molecule has 2 aromatic rings. The predicted molar refractivity (Wildman–Crippen MR) is 97.3 cm³/mol. The number of pyridine rings is 1. The van der Waals surface area contributed by atoms with Crippen LogP contribution < -0.4 is 9.62 Å². The van der Waals surface area contributed by atoms with Crippen molar-refractivity contribution in [2.45, 2.75) is 33.6 Å². The van der Waals surface area contributed by atoms with E-state index in [2.05, 4.69) is 14.7 Å². The summed E-state index contributed by atoms with van der Waals surface area (Å²) in [6.07, 6.45) is 5.51. The Morgan fingerprint density at radius 2 is 1.96 bits per heavy atom. The van der Waals surface area contributed by atoms with E-state index in [4.69, 9.17) is 0 Å². The van der Waals surface area contributed by atoms with Crippen LogP contribution in [-0.2, 0) is 10.0 Å². The lowest BCUT2D eigenvalue weighted by molar-refractivity contribution is 0.0983. The number of carbonyl (C=O) groups is 1. The summed E-state index contributed by atoms with van der Waals surface area (Å²) in [5, 5.41) is 4.15. The molecule has 25 heavy (non-hydrogen) atoms. The highest BCUT2D eigenvalue weighted by atomic mass is 32.2. The largest absolute Gasteiger partial charge is 0.371 e. The Balaban J connectivity index is 1.87. The van der Waals surface area contributed by atoms with Gasteiger partial charge < -0.3 is 4.90 Å². The van der Waals surface area contributed by atoms with Gasteiger partial charge in [0.05, 0.1) is 23.0 Å². The van der Waals surface area contributed by atoms with Gasteiger partial charge in [0.25, 0.3) is 5.91 Å². The highest BCUT2D eigenvalue weighted by Gasteiger charge is 2.25. The van der Waals surface area contributed by atoms with Gasteiger partial charge in [0.2, 0.25) is 10.0 Å². The molecule has 3 heterocycles. The number of amides is 1. The first-order valence-electron chi connectivity index (χ1n) is 8.42. The fourth-order valence-corrected chi connectivity index (χ4v) is 4.72. The van der Waals surface area contributed by atoms with Gasteiger partial charge in [0.1, 0.15) is 0 Å². The Labute approximate surface area is 148 Å². The number of rotatable bonds is 4. The zero-order valence-electron chi connectivity index (χ0n) is 14.8. The van der Waals surface area contributed by atoms with Gasteiger partial charge in [-0.25, -0.2) is 17.7 Å². The number of hydrogen-bond donors (Lipinski definition) is 1. The number of anilines is 1. The molecule has 1 aliphatic heterocycles. The molecule has 0 aromatic carbocycles. The number of fused-ring (bicyclic) bond motifs is 1. The Kier molecular flexibility index (Phi) is 4.49. The van der Waals surface area contributed by atoms with E-state index < -0.39 is 21.3 Å². The van der Waals surface area contributed by atoms with E-state index in [1.165, 1.54) is 6.20 Å². The van der Waals surface area contributed by atoms with Crippen LogP contribution in [0.15, 0.2) is 24.5 Å². The molecule has 1 N–H and O–H groups in total. The molecule has 7 nitrogen and oxygen atoms in total. The molecule has 1 fully saturated rings. The van der Waals surface area contributed by atoms with E-state index in [9.17, 15) is 13.2 Å². The van der Waals surface area contributed by atoms with Crippen LogP contribution in [0.5, 0.6) is 0 Å². The van der Waals surface area contributed by atoms with Crippen molar-refractivity contribution in [3.05, 3.63) is 30.1 Å². The van der Waals surface area contributed by atoms with Crippen LogP contribution in [0.4, 0.5) is 5.69 Å². The summed E-state index contributed by atoms with van der Waals surface area (Å²) in [6.45, 7) is 7.43. The number of nitrogens with zero attached hydrogens (tertiary/aromatic N) is 3. The standard InChI is InChI=1S/C17H24N4O3S/c1-17(2,3)12-25(23,24)19-16(22)14-11-18-21-9-6-13(10-15(14)21)20-7-4-5-8-20/h6,9-11H,4-5,7-8,12H2,1-3H3,(H,19,22). The molecule has 3 rings (SSSR count). The molecular formula is C17H24N4O3S. The molecule has 0 spiro atoms. The van der Waals surface area contributed by atoms with E-state index in [-0.39, 0.29) is 11.3 Å². The number of sulfonamides is 1. The van der Waals surface area contributed by atoms with E-state index in [1.807, 2.05) is 32.9 Å². The smallest absolute Gasteiger partial charge is 0.268 e. The first-order valence-corrected chi connectivity index (χ1v) is 10.1. The van der Waals surface area contributed by atoms with Crippen LogP contribution in [0.25, 0.3) is 5.52 Å². The molecule has 0 saturated carbocycles. The third kappa shape index (κ3) is 4.12. The van der Waals surface area contributed by atoms with Crippen molar-refractivity contribution in [1.82, 2.24) is 14.3 Å². The van der Waals surface area contributed by atoms with Crippen LogP contribution in [0.1, 0.15) is 44.0 Å². The molecule has 0 radical (unpaired) electrons. The van der Waals surface area contributed by atoms with Gasteiger partial charge >= 0.3 is 0 Å². The molecule has 1 amide bonds. The second-order valence-corrected chi connectivity index (χ2v) is 9.44. The van der Waals surface area contributed by atoms with Gasteiger partial charge in [-0.2, -0.15) is 5.10 Å². The lowest BCUT2D eigenvalue weighted by Crippen LogP contribution is -2.36. The van der Waals surface area contributed by atoms with Crippen molar-refractivity contribution in [2.24, 2.45) is 5.41 Å². The lowest BCUT2D eigenvalue weighted by Gasteiger charge is -2.18. The summed E-state index contributed by atoms with van der Waals surface area (Å²) in [5.41, 5.74) is 1.46. The molecule has 1 aliphatic rings. The highest BCUT2D eigenvalue weighted by molar-refractivity contribution is 7.90. The molecular weight excluding hydrogens is 340 g/mol. The first-order chi connectivity index (χ1) is 11.6. The molecule has 0 atom stereocenters. The van der Waals surface area contributed by atoms with Gasteiger partial charge in [-0.1, -0.05) is 20.8 Å². The van der Waals surface area contributed by atoms with Crippen molar-refractivity contribution < 1.29 is 13.2 Å². The number of carbonyl (C=O) groups excluding carboxylic acids is 1. The van der Waals surface area contributed by atoms with Crippen LogP contribution in [0, 0.1) is 5.41 Å². The number of aromatic nitrogens is 2. The summed E-state index contributed by atoms with van der Waals surface area (Å²) in [6, 6.07) is 3.85. The average Bonchev–Trinajstić information content (AvgIpc) is 3.13. The summed E-state index contributed by atoms with van der Waals surface area (Å²) < 4.78 is 28.1. The predicted octanol–water partition coefficient (Wildman–Crippen LogP) is 2.04. The van der Waals surface area contributed by atoms with Crippen molar-refractivity contribution in [2.75, 3.05) is 23.7 Å². The zero-order chi connectivity index (χ0) is 18.2. The first kappa shape index (κ1) is 17.7. The van der Waals surface area contributed by atoms with E-state index in [0.29, 0.717) is 5.52 Å². The van der Waals surface area contributed by atoms with Crippen molar-refractivity contribution in [3.63, 3.8) is 0 Å². The average molecular weight is 364 g/mol. The quantitative estimate of drug-likeness (QED) is 0.897. The van der Waals surface area contributed by atoms with Gasteiger partial charge in [-0.05, 0) is 30.4 Å². The van der Waals surface area contributed by atoms with E-state index in [0.717, 1.165) is 31.6 Å². The molecule has 0 bridgehead atoms. The highest BCUT2D eigenvalue weighted by Crippen LogP contribution is 2.23. The minimum Gasteiger partial charge on any atom is -0.371 e. The second-order valence-electron chi connectivity index (χ2n) is 7.72. The van der Waals surface area contributed by atoms with Crippen LogP contribution >= 0.6 is 0 Å². The third-order valence-corrected chi connectivity index (χ3v) is 5.83. The summed E-state index contributed by atoms with van der Waals surface area (Å²) in [4.78, 5) is 14.8. The number of hydrogen-bond acceptors (Lipinski definition) is 5. The minimum absolute atomic E-state index is 0.121. The maximum Gasteiger partial charge on any atom is 0.268 e. The lowest BCUT2D eigenvalue weighted by atomic mass is 10.0. The van der Waals surface area contributed by atoms with Gasteiger partial charge in [0.15, 0.2) is 0 Å². The fraction of sp³-hybridized carbons (Fsp3) is 0.529. The van der Waals surface area contributed by atoms with Gasteiger partial charge in [-0.3, -0.25) is 4.79 Å². The SMILES string of the molecule is CC(C)(C)CS(=O)(=O)NC(=O)c1cnn2ccc(N3CCCC3)cc12. The molecule has 0 unspecified atom stereocenters. The summed E-state index contributed by atoms with van der Waals surface area (Å²) in [7, 11) is -3.71. The maximum absolute atomic E-state index is 12.5. The maximum atomic E-state index is 12.5. The van der Waals surface area contributed by atoms with E-state index in [1.54, 1.807) is 10.7 Å². The Morgan fingerprint density at radius 3 is 2.60 bits per heavy atom. The third-order valence-electron chi connectivity index (χ3n) is 4.09. The van der Waals surface area contributed by atoms with Crippen LogP contribution in [0.3, 0.4) is 0 Å². The normalized spacial score (nSPS) is 15.7. The summed E-state index contributed by atoms with van der Waals surface area (Å²) >= 11 is 0. The number of nitrogens with one attached hydrogen (secondary N) is 1. The minimum atomic E-state index is -3.71.